The number of anilines is 1. The average Bonchev–Trinajstić information content (AvgIpc) is 2.89. The van der Waals surface area contributed by atoms with Crippen LogP contribution in [0.25, 0.3) is 17.8 Å². The van der Waals surface area contributed by atoms with Gasteiger partial charge in [-0.3, -0.25) is 4.40 Å². The molecule has 0 aliphatic carbocycles. The Kier molecular flexibility index (Phi) is 4.90. The molecule has 0 aliphatic rings. The minimum absolute atomic E-state index is 0.0423. The van der Waals surface area contributed by atoms with Crippen LogP contribution in [0.3, 0.4) is 0 Å². The van der Waals surface area contributed by atoms with Crippen molar-refractivity contribution in [3.8, 4) is 0 Å². The summed E-state index contributed by atoms with van der Waals surface area (Å²) in [5.41, 5.74) is 3.29. The van der Waals surface area contributed by atoms with Gasteiger partial charge in [0.25, 0.3) is 0 Å². The summed E-state index contributed by atoms with van der Waals surface area (Å²) in [6.07, 6.45) is 7.33. The van der Waals surface area contributed by atoms with Crippen LogP contribution in [0.1, 0.15) is 52.3 Å². The van der Waals surface area contributed by atoms with E-state index in [0.29, 0.717) is 0 Å². The summed E-state index contributed by atoms with van der Waals surface area (Å²) < 4.78 is 2.13. The number of rotatable bonds is 5. The molecule has 0 atom stereocenters. The summed E-state index contributed by atoms with van der Waals surface area (Å²) >= 11 is 0. The number of benzene rings is 1. The standard InChI is InChI=1S/C23H29N3/c1-22(2,3)17-23(4,5)25-21-19(15-14-18-11-7-6-8-12-18)24-20-13-9-10-16-26(20)21/h6-16,25H,17H2,1-5H3/b15-14+. The molecule has 0 fully saturated rings. The lowest BCUT2D eigenvalue weighted by Crippen LogP contribution is -2.36. The van der Waals surface area contributed by atoms with E-state index in [0.717, 1.165) is 23.6 Å². The van der Waals surface area contributed by atoms with Crippen LogP contribution in [0.5, 0.6) is 0 Å². The van der Waals surface area contributed by atoms with Gasteiger partial charge in [-0.15, -0.1) is 0 Å². The molecule has 136 valence electrons. The molecule has 0 bridgehead atoms. The summed E-state index contributed by atoms with van der Waals surface area (Å²) in [5.74, 6) is 1.04. The molecule has 1 N–H and O–H groups in total. The summed E-state index contributed by atoms with van der Waals surface area (Å²) in [6.45, 7) is 11.3. The Hall–Kier alpha value is -2.55. The minimum atomic E-state index is -0.0423. The highest BCUT2D eigenvalue weighted by molar-refractivity contribution is 5.76. The van der Waals surface area contributed by atoms with Crippen LogP contribution in [0.2, 0.25) is 0 Å². The van der Waals surface area contributed by atoms with Crippen molar-refractivity contribution in [3.63, 3.8) is 0 Å². The lowest BCUT2D eigenvalue weighted by atomic mass is 9.82. The monoisotopic (exact) mass is 347 g/mol. The molecule has 2 aromatic heterocycles. The van der Waals surface area contributed by atoms with Gasteiger partial charge in [-0.05, 0) is 49.5 Å². The minimum Gasteiger partial charge on any atom is -0.364 e. The molecule has 1 aromatic carbocycles. The maximum atomic E-state index is 4.82. The maximum Gasteiger partial charge on any atom is 0.139 e. The first-order valence-electron chi connectivity index (χ1n) is 9.22. The third-order valence-electron chi connectivity index (χ3n) is 4.22. The van der Waals surface area contributed by atoms with E-state index < -0.39 is 0 Å². The zero-order chi connectivity index (χ0) is 18.8. The highest BCUT2D eigenvalue weighted by Crippen LogP contribution is 2.31. The highest BCUT2D eigenvalue weighted by atomic mass is 15.2. The van der Waals surface area contributed by atoms with Gasteiger partial charge in [0.15, 0.2) is 0 Å². The van der Waals surface area contributed by atoms with E-state index in [4.69, 9.17) is 4.98 Å². The topological polar surface area (TPSA) is 29.3 Å². The van der Waals surface area contributed by atoms with E-state index in [1.54, 1.807) is 0 Å². The fourth-order valence-corrected chi connectivity index (χ4v) is 3.68. The Labute approximate surface area is 156 Å². The first-order valence-corrected chi connectivity index (χ1v) is 9.22. The van der Waals surface area contributed by atoms with Gasteiger partial charge in [0, 0.05) is 11.7 Å². The van der Waals surface area contributed by atoms with Crippen molar-refractivity contribution in [3.05, 3.63) is 66.0 Å². The Morgan fingerprint density at radius 2 is 1.62 bits per heavy atom. The van der Waals surface area contributed by atoms with E-state index in [1.807, 2.05) is 24.3 Å². The van der Waals surface area contributed by atoms with E-state index in [9.17, 15) is 0 Å². The average molecular weight is 348 g/mol. The summed E-state index contributed by atoms with van der Waals surface area (Å²) in [4.78, 5) is 4.82. The smallest absolute Gasteiger partial charge is 0.139 e. The normalized spacial score (nSPS) is 12.8. The van der Waals surface area contributed by atoms with Crippen molar-refractivity contribution < 1.29 is 0 Å². The second-order valence-electron chi connectivity index (χ2n) is 8.76. The molecule has 3 nitrogen and oxygen atoms in total. The number of nitrogens with zero attached hydrogens (tertiary/aromatic N) is 2. The van der Waals surface area contributed by atoms with E-state index in [1.165, 1.54) is 5.56 Å². The van der Waals surface area contributed by atoms with Crippen LogP contribution >= 0.6 is 0 Å². The highest BCUT2D eigenvalue weighted by Gasteiger charge is 2.27. The fourth-order valence-electron chi connectivity index (χ4n) is 3.68. The number of fused-ring (bicyclic) bond motifs is 1. The molecule has 0 spiro atoms. The molecule has 3 aromatic rings. The summed E-state index contributed by atoms with van der Waals surface area (Å²) in [7, 11) is 0. The van der Waals surface area contributed by atoms with Gasteiger partial charge in [0.1, 0.15) is 17.2 Å². The molecule has 0 saturated heterocycles. The Morgan fingerprint density at radius 3 is 2.31 bits per heavy atom. The van der Waals surface area contributed by atoms with Crippen LogP contribution < -0.4 is 5.32 Å². The van der Waals surface area contributed by atoms with Crippen molar-refractivity contribution in [1.82, 2.24) is 9.38 Å². The van der Waals surface area contributed by atoms with Gasteiger partial charge in [0.2, 0.25) is 0 Å². The SMILES string of the molecule is CC(C)(C)CC(C)(C)Nc1c(/C=C/c2ccccc2)nc2ccccn12. The summed E-state index contributed by atoms with van der Waals surface area (Å²) in [6, 6.07) is 16.4. The molecule has 0 aliphatic heterocycles. The maximum absolute atomic E-state index is 4.82. The number of nitrogens with one attached hydrogen (secondary N) is 1. The van der Waals surface area contributed by atoms with Gasteiger partial charge in [-0.1, -0.05) is 63.2 Å². The number of imidazole rings is 1. The van der Waals surface area contributed by atoms with Gasteiger partial charge in [-0.25, -0.2) is 4.98 Å². The predicted octanol–water partition coefficient (Wildman–Crippen LogP) is 6.13. The number of hydrogen-bond acceptors (Lipinski definition) is 2. The Bertz CT molecular complexity index is 896. The lowest BCUT2D eigenvalue weighted by molar-refractivity contribution is 0.302. The molecular weight excluding hydrogens is 318 g/mol. The molecule has 0 amide bonds. The molecule has 0 unspecified atom stereocenters. The van der Waals surface area contributed by atoms with E-state index in [2.05, 4.69) is 87.0 Å². The van der Waals surface area contributed by atoms with Crippen LogP contribution in [0.15, 0.2) is 54.7 Å². The first-order chi connectivity index (χ1) is 12.2. The molecular formula is C23H29N3. The van der Waals surface area contributed by atoms with Crippen LogP contribution in [0.4, 0.5) is 5.82 Å². The van der Waals surface area contributed by atoms with Gasteiger partial charge >= 0.3 is 0 Å². The van der Waals surface area contributed by atoms with Crippen molar-refractivity contribution in [2.24, 2.45) is 5.41 Å². The van der Waals surface area contributed by atoms with Crippen molar-refractivity contribution in [2.45, 2.75) is 46.6 Å². The van der Waals surface area contributed by atoms with Crippen LogP contribution in [-0.2, 0) is 0 Å². The molecule has 0 saturated carbocycles. The zero-order valence-electron chi connectivity index (χ0n) is 16.5. The largest absolute Gasteiger partial charge is 0.364 e. The second-order valence-corrected chi connectivity index (χ2v) is 8.76. The van der Waals surface area contributed by atoms with Crippen molar-refractivity contribution in [2.75, 3.05) is 5.32 Å². The van der Waals surface area contributed by atoms with Crippen LogP contribution in [0, 0.1) is 5.41 Å². The third-order valence-corrected chi connectivity index (χ3v) is 4.22. The number of aromatic nitrogens is 2. The van der Waals surface area contributed by atoms with E-state index in [-0.39, 0.29) is 11.0 Å². The van der Waals surface area contributed by atoms with Crippen molar-refractivity contribution >= 4 is 23.6 Å². The lowest BCUT2D eigenvalue weighted by Gasteiger charge is -2.34. The van der Waals surface area contributed by atoms with Gasteiger partial charge in [0.05, 0.1) is 0 Å². The molecule has 3 rings (SSSR count). The molecule has 26 heavy (non-hydrogen) atoms. The molecule has 2 heterocycles. The van der Waals surface area contributed by atoms with Crippen LogP contribution in [-0.4, -0.2) is 14.9 Å². The second kappa shape index (κ2) is 6.99. The Morgan fingerprint density at radius 1 is 0.923 bits per heavy atom. The number of pyridine rings is 1. The quantitative estimate of drug-likeness (QED) is 0.601. The zero-order valence-corrected chi connectivity index (χ0v) is 16.5. The van der Waals surface area contributed by atoms with E-state index >= 15 is 0 Å². The third kappa shape index (κ3) is 4.54. The van der Waals surface area contributed by atoms with Gasteiger partial charge in [-0.2, -0.15) is 0 Å². The Balaban J connectivity index is 1.98. The predicted molar refractivity (Wildman–Crippen MR) is 112 cm³/mol. The van der Waals surface area contributed by atoms with Gasteiger partial charge < -0.3 is 5.32 Å². The van der Waals surface area contributed by atoms with Crippen molar-refractivity contribution in [1.29, 1.82) is 0 Å². The molecule has 3 heteroatoms. The fraction of sp³-hybridized carbons (Fsp3) is 0.348. The number of hydrogen-bond donors (Lipinski definition) is 1. The summed E-state index contributed by atoms with van der Waals surface area (Å²) in [5, 5.41) is 3.75. The first kappa shape index (κ1) is 18.2. The molecule has 0 radical (unpaired) electrons.